The Labute approximate surface area is 109 Å². The zero-order valence-electron chi connectivity index (χ0n) is 9.49. The zero-order chi connectivity index (χ0) is 13.1. The Morgan fingerprint density at radius 1 is 1.41 bits per heavy atom. The first-order chi connectivity index (χ1) is 7.82. The highest BCUT2D eigenvalue weighted by atomic mass is 79.9. The second-order valence-corrected chi connectivity index (χ2v) is 7.03. The molecule has 0 fully saturated rings. The van der Waals surface area contributed by atoms with Gasteiger partial charge in [-0.3, -0.25) is 0 Å². The Morgan fingerprint density at radius 3 is 2.59 bits per heavy atom. The third kappa shape index (κ3) is 5.14. The minimum absolute atomic E-state index is 0.0718. The first-order valence-corrected chi connectivity index (χ1v) is 7.85. The van der Waals surface area contributed by atoms with Gasteiger partial charge in [0.15, 0.2) is 9.84 Å². The van der Waals surface area contributed by atoms with Crippen molar-refractivity contribution < 1.29 is 12.8 Å². The molecule has 96 valence electrons. The maximum absolute atomic E-state index is 13.1. The summed E-state index contributed by atoms with van der Waals surface area (Å²) in [6.45, 7) is 1.83. The number of benzene rings is 1. The molecule has 0 bridgehead atoms. The van der Waals surface area contributed by atoms with Gasteiger partial charge in [0.25, 0.3) is 0 Å². The monoisotopic (exact) mass is 323 g/mol. The highest BCUT2D eigenvalue weighted by Crippen LogP contribution is 2.17. The summed E-state index contributed by atoms with van der Waals surface area (Å²) in [6.07, 6.45) is 0.603. The molecule has 0 aliphatic rings. The molecule has 0 heterocycles. The minimum atomic E-state index is -3.29. The van der Waals surface area contributed by atoms with E-state index in [9.17, 15) is 12.8 Å². The van der Waals surface area contributed by atoms with Crippen LogP contribution in [-0.2, 0) is 15.6 Å². The van der Waals surface area contributed by atoms with Crippen molar-refractivity contribution in [3.05, 3.63) is 34.1 Å². The van der Waals surface area contributed by atoms with Gasteiger partial charge in [-0.25, -0.2) is 12.8 Å². The van der Waals surface area contributed by atoms with Crippen LogP contribution < -0.4 is 5.73 Å². The first-order valence-electron chi connectivity index (χ1n) is 5.23. The normalized spacial score (nSPS) is 13.6. The number of nitrogens with two attached hydrogens (primary N) is 1. The van der Waals surface area contributed by atoms with Crippen LogP contribution in [0.4, 0.5) is 4.39 Å². The highest BCUT2D eigenvalue weighted by Gasteiger charge is 2.16. The molecule has 0 saturated carbocycles. The lowest BCUT2D eigenvalue weighted by atomic mass is 10.2. The summed E-state index contributed by atoms with van der Waals surface area (Å²) in [5.74, 6) is -0.710. The van der Waals surface area contributed by atoms with Gasteiger partial charge in [0.05, 0.1) is 11.5 Å². The lowest BCUT2D eigenvalue weighted by Crippen LogP contribution is -2.29. The summed E-state index contributed by atoms with van der Waals surface area (Å²) in [4.78, 5) is 0. The molecule has 1 aromatic rings. The molecule has 0 aliphatic heterocycles. The van der Waals surface area contributed by atoms with E-state index in [1.165, 1.54) is 12.1 Å². The molecule has 3 nitrogen and oxygen atoms in total. The molecule has 6 heteroatoms. The third-order valence-corrected chi connectivity index (χ3v) is 4.47. The van der Waals surface area contributed by atoms with Crippen LogP contribution in [0.3, 0.4) is 0 Å². The molecule has 1 aromatic carbocycles. The van der Waals surface area contributed by atoms with Gasteiger partial charge in [-0.15, -0.1) is 0 Å². The van der Waals surface area contributed by atoms with Crippen LogP contribution in [0.5, 0.6) is 0 Å². The number of halogens is 2. The average Bonchev–Trinajstić information content (AvgIpc) is 2.13. The van der Waals surface area contributed by atoms with Crippen LogP contribution in [0.15, 0.2) is 22.7 Å². The van der Waals surface area contributed by atoms with E-state index in [0.29, 0.717) is 16.5 Å². The molecule has 0 amide bonds. The smallest absolute Gasteiger partial charge is 0.155 e. The van der Waals surface area contributed by atoms with Crippen molar-refractivity contribution in [2.45, 2.75) is 25.1 Å². The van der Waals surface area contributed by atoms with Crippen LogP contribution in [0, 0.1) is 5.82 Å². The molecule has 0 aliphatic carbocycles. The Kier molecular flexibility index (Phi) is 5.09. The fourth-order valence-electron chi connectivity index (χ4n) is 1.45. The van der Waals surface area contributed by atoms with Crippen LogP contribution in [0.25, 0.3) is 0 Å². The highest BCUT2D eigenvalue weighted by molar-refractivity contribution is 9.10. The molecule has 1 atom stereocenters. The van der Waals surface area contributed by atoms with Crippen molar-refractivity contribution in [1.29, 1.82) is 0 Å². The fourth-order valence-corrected chi connectivity index (χ4v) is 3.64. The van der Waals surface area contributed by atoms with E-state index in [-0.39, 0.29) is 17.5 Å². The van der Waals surface area contributed by atoms with Gasteiger partial charge in [0.2, 0.25) is 0 Å². The van der Waals surface area contributed by atoms with E-state index in [1.54, 1.807) is 6.07 Å². The predicted molar refractivity (Wildman–Crippen MR) is 69.9 cm³/mol. The Balaban J connectivity index is 2.83. The zero-order valence-corrected chi connectivity index (χ0v) is 11.9. The summed E-state index contributed by atoms with van der Waals surface area (Å²) < 4.78 is 37.2. The van der Waals surface area contributed by atoms with Crippen molar-refractivity contribution >= 4 is 25.8 Å². The largest absolute Gasteiger partial charge is 0.327 e. The third-order valence-electron chi connectivity index (χ3n) is 2.30. The maximum atomic E-state index is 13.1. The maximum Gasteiger partial charge on any atom is 0.155 e. The van der Waals surface area contributed by atoms with Crippen molar-refractivity contribution in [2.75, 3.05) is 5.75 Å². The van der Waals surface area contributed by atoms with Gasteiger partial charge in [0, 0.05) is 10.5 Å². The van der Waals surface area contributed by atoms with Crippen molar-refractivity contribution in [3.8, 4) is 0 Å². The van der Waals surface area contributed by atoms with Crippen LogP contribution >= 0.6 is 15.9 Å². The molecule has 0 radical (unpaired) electrons. The average molecular weight is 324 g/mol. The van der Waals surface area contributed by atoms with Gasteiger partial charge >= 0.3 is 0 Å². The number of hydrogen-bond acceptors (Lipinski definition) is 3. The van der Waals surface area contributed by atoms with Crippen LogP contribution in [-0.4, -0.2) is 20.2 Å². The van der Waals surface area contributed by atoms with E-state index in [4.69, 9.17) is 5.73 Å². The Bertz CT molecular complexity index is 470. The standard InChI is InChI=1S/C11H15BrFNO2S/c1-2-11(14)7-17(15,16)6-8-3-9(12)5-10(13)4-8/h3-5,11H,2,6-7,14H2,1H3. The summed E-state index contributed by atoms with van der Waals surface area (Å²) in [5, 5.41) is 0. The minimum Gasteiger partial charge on any atom is -0.327 e. The molecular formula is C11H15BrFNO2S. The molecular weight excluding hydrogens is 309 g/mol. The van der Waals surface area contributed by atoms with Crippen LogP contribution in [0.2, 0.25) is 0 Å². The van der Waals surface area contributed by atoms with Crippen molar-refractivity contribution in [2.24, 2.45) is 5.73 Å². The number of rotatable bonds is 5. The van der Waals surface area contributed by atoms with Crippen LogP contribution in [0.1, 0.15) is 18.9 Å². The summed E-state index contributed by atoms with van der Waals surface area (Å²) >= 11 is 3.13. The van der Waals surface area contributed by atoms with Crippen molar-refractivity contribution in [1.82, 2.24) is 0 Å². The Hall–Kier alpha value is -0.460. The first kappa shape index (κ1) is 14.6. The molecule has 0 saturated heterocycles. The lowest BCUT2D eigenvalue weighted by molar-refractivity contribution is 0.582. The van der Waals surface area contributed by atoms with Crippen molar-refractivity contribution in [3.63, 3.8) is 0 Å². The quantitative estimate of drug-likeness (QED) is 0.904. The number of sulfone groups is 1. The van der Waals surface area contributed by atoms with E-state index >= 15 is 0 Å². The second kappa shape index (κ2) is 5.93. The molecule has 1 unspecified atom stereocenters. The van der Waals surface area contributed by atoms with E-state index < -0.39 is 15.7 Å². The van der Waals surface area contributed by atoms with Gasteiger partial charge < -0.3 is 5.73 Å². The van der Waals surface area contributed by atoms with Gasteiger partial charge in [-0.05, 0) is 30.2 Å². The molecule has 1 rings (SSSR count). The summed E-state index contributed by atoms with van der Waals surface area (Å²) in [5.41, 5.74) is 6.04. The summed E-state index contributed by atoms with van der Waals surface area (Å²) in [7, 11) is -3.29. The molecule has 17 heavy (non-hydrogen) atoms. The van der Waals surface area contributed by atoms with E-state index in [1.807, 2.05) is 6.92 Å². The SMILES string of the molecule is CCC(N)CS(=O)(=O)Cc1cc(F)cc(Br)c1. The molecule has 0 spiro atoms. The molecule has 2 N–H and O–H groups in total. The molecule has 0 aromatic heterocycles. The lowest BCUT2D eigenvalue weighted by Gasteiger charge is -2.10. The predicted octanol–water partition coefficient (Wildman–Crippen LogP) is 2.24. The van der Waals surface area contributed by atoms with E-state index in [2.05, 4.69) is 15.9 Å². The second-order valence-electron chi connectivity index (χ2n) is 4.00. The topological polar surface area (TPSA) is 60.2 Å². The summed E-state index contributed by atoms with van der Waals surface area (Å²) in [6, 6.07) is 3.74. The van der Waals surface area contributed by atoms with Gasteiger partial charge in [0.1, 0.15) is 5.82 Å². The fraction of sp³-hybridized carbons (Fsp3) is 0.455. The van der Waals surface area contributed by atoms with E-state index in [0.717, 1.165) is 0 Å². The number of hydrogen-bond donors (Lipinski definition) is 1. The Morgan fingerprint density at radius 2 is 2.06 bits per heavy atom. The van der Waals surface area contributed by atoms with Gasteiger partial charge in [-0.1, -0.05) is 22.9 Å². The van der Waals surface area contributed by atoms with Gasteiger partial charge in [-0.2, -0.15) is 0 Å².